The number of allylic oxidation sites excluding steroid dienone is 10. The second kappa shape index (κ2) is 35.1. The van der Waals surface area contributed by atoms with Gasteiger partial charge in [-0.15, -0.1) is 0 Å². The molecule has 1 aliphatic heterocycles. The summed E-state index contributed by atoms with van der Waals surface area (Å²) in [5, 5.41) is 30.8. The lowest BCUT2D eigenvalue weighted by molar-refractivity contribution is -0.297. The molecule has 0 saturated carbocycles. The van der Waals surface area contributed by atoms with Crippen LogP contribution >= 0.6 is 0 Å². The quantitative estimate of drug-likeness (QED) is 0.0207. The van der Waals surface area contributed by atoms with Crippen molar-refractivity contribution in [3.8, 4) is 0 Å². The molecule has 58 heavy (non-hydrogen) atoms. The number of hydrogen-bond acceptors (Lipinski definition) is 11. The fourth-order valence-corrected chi connectivity index (χ4v) is 6.80. The predicted molar refractivity (Wildman–Crippen MR) is 229 cm³/mol. The van der Waals surface area contributed by atoms with E-state index >= 15 is 0 Å². The van der Waals surface area contributed by atoms with Crippen LogP contribution in [0.5, 0.6) is 0 Å². The Labute approximate surface area is 349 Å². The average molecular weight is 841 g/mol. The van der Waals surface area contributed by atoms with E-state index in [1.165, 1.54) is 32.1 Å². The van der Waals surface area contributed by atoms with E-state index < -0.39 is 71.2 Å². The van der Waals surface area contributed by atoms with E-state index in [1.54, 1.807) is 0 Å². The number of esters is 2. The van der Waals surface area contributed by atoms with Gasteiger partial charge < -0.3 is 34.3 Å². The van der Waals surface area contributed by atoms with Crippen molar-refractivity contribution in [3.63, 3.8) is 0 Å². The third-order valence-corrected chi connectivity index (χ3v) is 10.3. The van der Waals surface area contributed by atoms with Crippen molar-refractivity contribution in [2.75, 3.05) is 19.0 Å². The van der Waals surface area contributed by atoms with E-state index in [4.69, 9.17) is 18.9 Å². The van der Waals surface area contributed by atoms with Crippen molar-refractivity contribution in [3.05, 3.63) is 60.8 Å². The summed E-state index contributed by atoms with van der Waals surface area (Å²) < 4.78 is 53.9. The fourth-order valence-electron chi connectivity index (χ4n) is 6.11. The Balaban J connectivity index is 2.49. The first-order chi connectivity index (χ1) is 28.0. The summed E-state index contributed by atoms with van der Waals surface area (Å²) in [6.07, 6.45) is 32.7. The summed E-state index contributed by atoms with van der Waals surface area (Å²) in [5.41, 5.74) is 0. The number of rotatable bonds is 35. The standard InChI is InChI=1S/C45H76O12S/c1-3-5-7-9-11-13-15-16-17-18-19-20-21-22-24-26-28-30-32-34-41(47)56-38(35-54-40(46)33-31-29-27-25-23-14-12-10-8-6-4-2)36-55-45-44(50)43(49)42(48)39(57-45)37-58(51,52)53/h10-13,16-17,19-20,22,24,38-39,42-45,48-50H,3-9,14-15,18,21,23,25-37H2,1-2H3,(H,51,52,53)/b12-10+,13-11+,17-16+,20-19+,24-22+/t38-,39-,42-,43?,44?,45+/m1/s1. The molecule has 0 aromatic rings. The van der Waals surface area contributed by atoms with E-state index in [0.717, 1.165) is 83.5 Å². The summed E-state index contributed by atoms with van der Waals surface area (Å²) in [4.78, 5) is 25.3. The minimum atomic E-state index is -4.61. The van der Waals surface area contributed by atoms with Crippen LogP contribution in [0.4, 0.5) is 0 Å². The molecule has 0 spiro atoms. The van der Waals surface area contributed by atoms with Crippen molar-refractivity contribution in [1.29, 1.82) is 0 Å². The number of ether oxygens (including phenoxy) is 4. The van der Waals surface area contributed by atoms with E-state index in [0.29, 0.717) is 12.8 Å². The minimum Gasteiger partial charge on any atom is -0.462 e. The molecule has 1 saturated heterocycles. The molecule has 1 heterocycles. The SMILES string of the molecule is CCCC/C=C/CCCCCCCC(=O)OC[C@H](CO[C@H]1O[C@H](CS(=O)(=O)O)[C@@H](O)C(O)C1O)OC(=O)CCCCC/C=C/C/C=C/C/C=C/C/C=C/CCCCC. The van der Waals surface area contributed by atoms with Gasteiger partial charge in [-0.2, -0.15) is 8.42 Å². The number of hydrogen-bond donors (Lipinski definition) is 4. The van der Waals surface area contributed by atoms with Crippen LogP contribution < -0.4 is 0 Å². The average Bonchev–Trinajstić information content (AvgIpc) is 3.18. The first kappa shape index (κ1) is 53.4. The van der Waals surface area contributed by atoms with Gasteiger partial charge in [-0.1, -0.05) is 126 Å². The Morgan fingerprint density at radius 3 is 1.62 bits per heavy atom. The van der Waals surface area contributed by atoms with Gasteiger partial charge >= 0.3 is 11.9 Å². The zero-order chi connectivity index (χ0) is 42.7. The molecule has 1 rings (SSSR count). The zero-order valence-electron chi connectivity index (χ0n) is 35.4. The molecule has 0 radical (unpaired) electrons. The number of carbonyl (C=O) groups excluding carboxylic acids is 2. The van der Waals surface area contributed by atoms with Crippen LogP contribution in [0, 0.1) is 0 Å². The molecule has 0 aromatic carbocycles. The first-order valence-corrected chi connectivity index (χ1v) is 23.5. The van der Waals surface area contributed by atoms with Crippen molar-refractivity contribution < 1.29 is 56.8 Å². The molecule has 1 aliphatic rings. The van der Waals surface area contributed by atoms with Crippen molar-refractivity contribution in [1.82, 2.24) is 0 Å². The molecule has 6 atom stereocenters. The van der Waals surface area contributed by atoms with Crippen LogP contribution in [0.15, 0.2) is 60.8 Å². The van der Waals surface area contributed by atoms with Gasteiger partial charge in [0, 0.05) is 12.8 Å². The Morgan fingerprint density at radius 1 is 0.586 bits per heavy atom. The molecule has 2 unspecified atom stereocenters. The minimum absolute atomic E-state index is 0.123. The Morgan fingerprint density at radius 2 is 1.05 bits per heavy atom. The van der Waals surface area contributed by atoms with Gasteiger partial charge in [-0.3, -0.25) is 14.1 Å². The third kappa shape index (κ3) is 29.5. The summed E-state index contributed by atoms with van der Waals surface area (Å²) >= 11 is 0. The molecule has 12 nitrogen and oxygen atoms in total. The van der Waals surface area contributed by atoms with Gasteiger partial charge in [0.25, 0.3) is 10.1 Å². The smallest absolute Gasteiger partial charge is 0.306 e. The van der Waals surface area contributed by atoms with Gasteiger partial charge in [-0.25, -0.2) is 0 Å². The normalized spacial score (nSPS) is 21.0. The summed E-state index contributed by atoms with van der Waals surface area (Å²) in [7, 11) is -4.61. The lowest BCUT2D eigenvalue weighted by atomic mass is 10.00. The first-order valence-electron chi connectivity index (χ1n) is 21.8. The highest BCUT2D eigenvalue weighted by molar-refractivity contribution is 7.85. The highest BCUT2D eigenvalue weighted by atomic mass is 32.2. The second-order valence-electron chi connectivity index (χ2n) is 15.0. The summed E-state index contributed by atoms with van der Waals surface area (Å²) in [5.74, 6) is -2.04. The van der Waals surface area contributed by atoms with Gasteiger partial charge in [0.2, 0.25) is 0 Å². The van der Waals surface area contributed by atoms with E-state index in [9.17, 15) is 37.9 Å². The van der Waals surface area contributed by atoms with Gasteiger partial charge in [-0.05, 0) is 77.0 Å². The molecule has 0 bridgehead atoms. The van der Waals surface area contributed by atoms with Crippen LogP contribution in [-0.2, 0) is 38.7 Å². The fraction of sp³-hybridized carbons (Fsp3) is 0.733. The molecule has 13 heteroatoms. The topological polar surface area (TPSA) is 186 Å². The van der Waals surface area contributed by atoms with Crippen molar-refractivity contribution in [2.45, 2.75) is 192 Å². The largest absolute Gasteiger partial charge is 0.462 e. The lowest BCUT2D eigenvalue weighted by Crippen LogP contribution is -2.60. The maximum absolute atomic E-state index is 12.8. The molecule has 0 amide bonds. The Bertz CT molecular complexity index is 1310. The van der Waals surface area contributed by atoms with E-state index in [2.05, 4.69) is 74.6 Å². The van der Waals surface area contributed by atoms with Crippen molar-refractivity contribution >= 4 is 22.1 Å². The predicted octanol–water partition coefficient (Wildman–Crippen LogP) is 8.56. The van der Waals surface area contributed by atoms with Crippen LogP contribution in [0.2, 0.25) is 0 Å². The van der Waals surface area contributed by atoms with Gasteiger partial charge in [0.15, 0.2) is 12.4 Å². The molecule has 334 valence electrons. The highest BCUT2D eigenvalue weighted by Crippen LogP contribution is 2.24. The molecular formula is C45H76O12S. The molecule has 1 fully saturated rings. The lowest BCUT2D eigenvalue weighted by Gasteiger charge is -2.40. The molecule has 0 aromatic heterocycles. The van der Waals surface area contributed by atoms with Crippen LogP contribution in [0.3, 0.4) is 0 Å². The maximum Gasteiger partial charge on any atom is 0.306 e. The Hall–Kier alpha value is -2.65. The van der Waals surface area contributed by atoms with Crippen LogP contribution in [-0.4, -0.2) is 96.0 Å². The molecular weight excluding hydrogens is 765 g/mol. The van der Waals surface area contributed by atoms with E-state index in [-0.39, 0.29) is 19.4 Å². The highest BCUT2D eigenvalue weighted by Gasteiger charge is 2.46. The molecule has 4 N–H and O–H groups in total. The van der Waals surface area contributed by atoms with Gasteiger partial charge in [0.1, 0.15) is 36.8 Å². The molecule has 0 aliphatic carbocycles. The number of aliphatic hydroxyl groups is 3. The van der Waals surface area contributed by atoms with Gasteiger partial charge in [0.05, 0.1) is 6.61 Å². The van der Waals surface area contributed by atoms with Crippen molar-refractivity contribution in [2.24, 2.45) is 0 Å². The van der Waals surface area contributed by atoms with Crippen LogP contribution in [0.25, 0.3) is 0 Å². The summed E-state index contributed by atoms with van der Waals surface area (Å²) in [6.45, 7) is 3.64. The van der Waals surface area contributed by atoms with Crippen LogP contribution in [0.1, 0.15) is 155 Å². The monoisotopic (exact) mass is 841 g/mol. The second-order valence-corrected chi connectivity index (χ2v) is 16.5. The third-order valence-electron chi connectivity index (χ3n) is 9.57. The Kier molecular flexibility index (Phi) is 32.3. The summed E-state index contributed by atoms with van der Waals surface area (Å²) in [6, 6.07) is 0. The number of unbranched alkanes of at least 4 members (excludes halogenated alkanes) is 13. The number of carbonyl (C=O) groups is 2. The maximum atomic E-state index is 12.8. The number of aliphatic hydroxyl groups excluding tert-OH is 3. The van der Waals surface area contributed by atoms with E-state index in [1.807, 2.05) is 0 Å². The zero-order valence-corrected chi connectivity index (χ0v) is 36.2.